The SMILES string of the molecule is O=C1/C(=C/c2cc([N+](=O)[O-])ccc2[O-])SC(=S)N1Cc1ccccc1. The van der Waals surface area contributed by atoms with Gasteiger partial charge in [-0.25, -0.2) is 0 Å². The number of hydrogen-bond donors (Lipinski definition) is 0. The summed E-state index contributed by atoms with van der Waals surface area (Å²) in [5, 5.41) is 22.8. The van der Waals surface area contributed by atoms with E-state index >= 15 is 0 Å². The fourth-order valence-corrected chi connectivity index (χ4v) is 3.55. The van der Waals surface area contributed by atoms with E-state index in [-0.39, 0.29) is 27.8 Å². The Kier molecular flexibility index (Phi) is 4.82. The Morgan fingerprint density at radius 3 is 2.60 bits per heavy atom. The Morgan fingerprint density at radius 2 is 1.92 bits per heavy atom. The molecule has 0 bridgehead atoms. The summed E-state index contributed by atoms with van der Waals surface area (Å²) in [6.07, 6.45) is 1.36. The Bertz CT molecular complexity index is 897. The largest absolute Gasteiger partial charge is 0.872 e. The molecule has 0 N–H and O–H groups in total. The van der Waals surface area contributed by atoms with E-state index in [0.29, 0.717) is 10.9 Å². The zero-order valence-electron chi connectivity index (χ0n) is 12.7. The molecule has 25 heavy (non-hydrogen) atoms. The average molecular weight is 371 g/mol. The van der Waals surface area contributed by atoms with Crippen LogP contribution in [0.25, 0.3) is 6.08 Å². The van der Waals surface area contributed by atoms with E-state index in [1.807, 2.05) is 30.3 Å². The molecule has 1 heterocycles. The van der Waals surface area contributed by atoms with Crippen LogP contribution in [0.3, 0.4) is 0 Å². The summed E-state index contributed by atoms with van der Waals surface area (Å²) < 4.78 is 0.387. The molecule has 1 aliphatic rings. The van der Waals surface area contributed by atoms with Crippen LogP contribution in [-0.2, 0) is 11.3 Å². The van der Waals surface area contributed by atoms with Crippen LogP contribution in [0.4, 0.5) is 5.69 Å². The lowest BCUT2D eigenvalue weighted by Crippen LogP contribution is -2.27. The summed E-state index contributed by atoms with van der Waals surface area (Å²) in [4.78, 5) is 24.6. The van der Waals surface area contributed by atoms with E-state index in [2.05, 4.69) is 0 Å². The number of non-ortho nitro benzene ring substituents is 1. The molecule has 3 rings (SSSR count). The molecule has 126 valence electrons. The van der Waals surface area contributed by atoms with Crippen molar-refractivity contribution in [1.29, 1.82) is 0 Å². The Balaban J connectivity index is 1.88. The lowest BCUT2D eigenvalue weighted by molar-refractivity contribution is -0.385. The van der Waals surface area contributed by atoms with Crippen molar-refractivity contribution < 1.29 is 14.8 Å². The molecule has 1 fully saturated rings. The lowest BCUT2D eigenvalue weighted by atomic mass is 10.1. The van der Waals surface area contributed by atoms with Gasteiger partial charge in [-0.1, -0.05) is 60.4 Å². The van der Waals surface area contributed by atoms with Crippen LogP contribution < -0.4 is 5.11 Å². The summed E-state index contributed by atoms with van der Waals surface area (Å²) in [5.41, 5.74) is 0.819. The van der Waals surface area contributed by atoms with Crippen LogP contribution in [0.5, 0.6) is 5.75 Å². The van der Waals surface area contributed by atoms with Crippen molar-refractivity contribution in [2.45, 2.75) is 6.54 Å². The van der Waals surface area contributed by atoms with Crippen molar-refractivity contribution in [1.82, 2.24) is 4.90 Å². The second-order valence-corrected chi connectivity index (χ2v) is 6.91. The Morgan fingerprint density at radius 1 is 1.20 bits per heavy atom. The number of nitro benzene ring substituents is 1. The molecular weight excluding hydrogens is 360 g/mol. The predicted octanol–water partition coefficient (Wildman–Crippen LogP) is 3.07. The summed E-state index contributed by atoms with van der Waals surface area (Å²) in [7, 11) is 0. The van der Waals surface area contributed by atoms with E-state index in [9.17, 15) is 20.0 Å². The first-order valence-electron chi connectivity index (χ1n) is 7.20. The van der Waals surface area contributed by atoms with Crippen LogP contribution in [0.15, 0.2) is 53.4 Å². The summed E-state index contributed by atoms with van der Waals surface area (Å²) in [6, 6.07) is 12.8. The van der Waals surface area contributed by atoms with E-state index in [4.69, 9.17) is 12.2 Å². The van der Waals surface area contributed by atoms with Gasteiger partial charge in [0.05, 0.1) is 16.4 Å². The number of nitro groups is 1. The standard InChI is InChI=1S/C17H12N2O4S2/c20-14-7-6-13(19(22)23)8-12(14)9-15-16(21)18(17(24)25-15)10-11-4-2-1-3-5-11/h1-9,20H,10H2/p-1/b15-9-. The molecule has 6 nitrogen and oxygen atoms in total. The van der Waals surface area contributed by atoms with Gasteiger partial charge in [-0.3, -0.25) is 19.8 Å². The van der Waals surface area contributed by atoms with Crippen molar-refractivity contribution in [3.63, 3.8) is 0 Å². The first-order valence-corrected chi connectivity index (χ1v) is 8.43. The number of benzene rings is 2. The first kappa shape index (κ1) is 17.1. The molecule has 0 spiro atoms. The van der Waals surface area contributed by atoms with Gasteiger partial charge in [-0.05, 0) is 17.2 Å². The zero-order chi connectivity index (χ0) is 18.0. The zero-order valence-corrected chi connectivity index (χ0v) is 14.4. The van der Waals surface area contributed by atoms with E-state index in [1.54, 1.807) is 0 Å². The monoisotopic (exact) mass is 371 g/mol. The minimum Gasteiger partial charge on any atom is -0.872 e. The molecule has 1 amide bonds. The molecule has 8 heteroatoms. The molecule has 1 saturated heterocycles. The predicted molar refractivity (Wildman–Crippen MR) is 97.7 cm³/mol. The topological polar surface area (TPSA) is 86.5 Å². The highest BCUT2D eigenvalue weighted by Crippen LogP contribution is 2.35. The smallest absolute Gasteiger partial charge is 0.269 e. The highest BCUT2D eigenvalue weighted by molar-refractivity contribution is 8.26. The van der Waals surface area contributed by atoms with Gasteiger partial charge < -0.3 is 5.11 Å². The Labute approximate surface area is 152 Å². The van der Waals surface area contributed by atoms with Crippen LogP contribution >= 0.6 is 24.0 Å². The molecule has 1 aliphatic heterocycles. The van der Waals surface area contributed by atoms with Gasteiger partial charge in [0.1, 0.15) is 4.32 Å². The first-order chi connectivity index (χ1) is 12.0. The van der Waals surface area contributed by atoms with E-state index in [1.165, 1.54) is 11.0 Å². The van der Waals surface area contributed by atoms with Gasteiger partial charge in [-0.15, -0.1) is 5.75 Å². The molecule has 0 saturated carbocycles. The molecule has 0 aromatic heterocycles. The summed E-state index contributed by atoms with van der Waals surface area (Å²) >= 11 is 6.33. The Hall–Kier alpha value is -2.71. The van der Waals surface area contributed by atoms with Crippen LogP contribution in [0, 0.1) is 10.1 Å². The third-order valence-corrected chi connectivity index (χ3v) is 4.93. The van der Waals surface area contributed by atoms with Crippen molar-refractivity contribution in [3.8, 4) is 5.75 Å². The average Bonchev–Trinajstić information content (AvgIpc) is 2.85. The van der Waals surface area contributed by atoms with E-state index < -0.39 is 4.92 Å². The number of rotatable bonds is 4. The van der Waals surface area contributed by atoms with E-state index in [0.717, 1.165) is 35.5 Å². The second kappa shape index (κ2) is 7.04. The van der Waals surface area contributed by atoms with Gasteiger partial charge in [-0.2, -0.15) is 0 Å². The van der Waals surface area contributed by atoms with Crippen LogP contribution in [0.2, 0.25) is 0 Å². The van der Waals surface area contributed by atoms with Crippen molar-refractivity contribution in [2.24, 2.45) is 0 Å². The van der Waals surface area contributed by atoms with Gasteiger partial charge in [0, 0.05) is 12.1 Å². The lowest BCUT2D eigenvalue weighted by Gasteiger charge is -2.14. The van der Waals surface area contributed by atoms with Gasteiger partial charge in [0.25, 0.3) is 11.6 Å². The van der Waals surface area contributed by atoms with Crippen LogP contribution in [-0.4, -0.2) is 20.1 Å². The normalized spacial score (nSPS) is 15.8. The minimum absolute atomic E-state index is 0.0920. The van der Waals surface area contributed by atoms with Crippen molar-refractivity contribution in [3.05, 3.63) is 74.7 Å². The molecule has 0 radical (unpaired) electrons. The maximum absolute atomic E-state index is 12.6. The number of thioether (sulfide) groups is 1. The fourth-order valence-electron chi connectivity index (χ4n) is 2.31. The van der Waals surface area contributed by atoms with Gasteiger partial charge >= 0.3 is 0 Å². The molecule has 2 aromatic carbocycles. The quantitative estimate of drug-likeness (QED) is 0.355. The summed E-state index contributed by atoms with van der Waals surface area (Å²) in [5.74, 6) is -0.705. The van der Waals surface area contributed by atoms with Crippen LogP contribution in [0.1, 0.15) is 11.1 Å². The third-order valence-electron chi connectivity index (χ3n) is 3.55. The maximum atomic E-state index is 12.6. The number of amides is 1. The summed E-state index contributed by atoms with van der Waals surface area (Å²) in [6.45, 7) is 0.335. The molecule has 0 unspecified atom stereocenters. The number of nitrogens with zero attached hydrogens (tertiary/aromatic N) is 2. The molecular formula is C17H11N2O4S2-. The molecule has 0 aliphatic carbocycles. The highest BCUT2D eigenvalue weighted by Gasteiger charge is 2.32. The second-order valence-electron chi connectivity index (χ2n) is 5.23. The maximum Gasteiger partial charge on any atom is 0.269 e. The fraction of sp³-hybridized carbons (Fsp3) is 0.0588. The molecule has 2 aromatic rings. The number of carbonyl (C=O) groups excluding carboxylic acids is 1. The molecule has 0 atom stereocenters. The van der Waals surface area contributed by atoms with Gasteiger partial charge in [0.15, 0.2) is 0 Å². The number of hydrogen-bond acceptors (Lipinski definition) is 6. The van der Waals surface area contributed by atoms with Crippen molar-refractivity contribution >= 4 is 46.0 Å². The van der Waals surface area contributed by atoms with Crippen molar-refractivity contribution in [2.75, 3.05) is 0 Å². The van der Waals surface area contributed by atoms with Gasteiger partial charge in [0.2, 0.25) is 0 Å². The minimum atomic E-state index is -0.586. The number of thiocarbonyl (C=S) groups is 1. The number of carbonyl (C=O) groups is 1. The highest BCUT2D eigenvalue weighted by atomic mass is 32.2. The third kappa shape index (κ3) is 3.70.